The van der Waals surface area contributed by atoms with Gasteiger partial charge in [0.2, 0.25) is 0 Å². The number of carboxylic acids is 1. The second-order valence-corrected chi connectivity index (χ2v) is 7.83. The molecular formula is C20H19ClF2N2O2. The van der Waals surface area contributed by atoms with Gasteiger partial charge in [-0.1, -0.05) is 31.5 Å². The molecule has 0 saturated heterocycles. The molecule has 1 heterocycles. The predicted molar refractivity (Wildman–Crippen MR) is 99.9 cm³/mol. The lowest BCUT2D eigenvalue weighted by Gasteiger charge is -2.22. The molecule has 0 fully saturated rings. The number of nitrogens with zero attached hydrogens (tertiary/aromatic N) is 2. The zero-order valence-electron chi connectivity index (χ0n) is 15.0. The molecule has 0 atom stereocenters. The second kappa shape index (κ2) is 7.27. The van der Waals surface area contributed by atoms with Crippen LogP contribution in [0.15, 0.2) is 36.4 Å². The molecule has 0 aliphatic carbocycles. The van der Waals surface area contributed by atoms with Gasteiger partial charge in [0.15, 0.2) is 0 Å². The van der Waals surface area contributed by atoms with Gasteiger partial charge in [0, 0.05) is 23.1 Å². The maximum absolute atomic E-state index is 14.3. The molecule has 27 heavy (non-hydrogen) atoms. The Bertz CT molecular complexity index is 1010. The highest BCUT2D eigenvalue weighted by molar-refractivity contribution is 6.30. The van der Waals surface area contributed by atoms with Crippen molar-refractivity contribution in [1.29, 1.82) is 0 Å². The number of carboxylic acid groups (broad SMARTS) is 1. The van der Waals surface area contributed by atoms with E-state index in [0.29, 0.717) is 33.9 Å². The summed E-state index contributed by atoms with van der Waals surface area (Å²) in [5, 5.41) is 9.43. The van der Waals surface area contributed by atoms with E-state index in [2.05, 4.69) is 4.98 Å². The zero-order valence-corrected chi connectivity index (χ0v) is 15.7. The smallest absolute Gasteiger partial charge is 0.303 e. The highest BCUT2D eigenvalue weighted by atomic mass is 35.5. The Morgan fingerprint density at radius 2 is 1.96 bits per heavy atom. The molecule has 0 amide bonds. The minimum Gasteiger partial charge on any atom is -0.481 e. The first-order valence-corrected chi connectivity index (χ1v) is 8.83. The molecule has 4 nitrogen and oxygen atoms in total. The Morgan fingerprint density at radius 1 is 1.22 bits per heavy atom. The first-order chi connectivity index (χ1) is 12.6. The maximum atomic E-state index is 14.3. The summed E-state index contributed by atoms with van der Waals surface area (Å²) < 4.78 is 29.7. The van der Waals surface area contributed by atoms with Crippen molar-refractivity contribution < 1.29 is 18.7 Å². The van der Waals surface area contributed by atoms with Crippen LogP contribution < -0.4 is 0 Å². The molecule has 2 aromatic carbocycles. The lowest BCUT2D eigenvalue weighted by atomic mass is 9.85. The van der Waals surface area contributed by atoms with Crippen molar-refractivity contribution in [2.75, 3.05) is 0 Å². The monoisotopic (exact) mass is 392 g/mol. The Hall–Kier alpha value is -2.47. The summed E-state index contributed by atoms with van der Waals surface area (Å²) in [6, 6.07) is 8.68. The molecule has 0 aliphatic heterocycles. The summed E-state index contributed by atoms with van der Waals surface area (Å²) >= 11 is 5.82. The Kier molecular flexibility index (Phi) is 5.20. The van der Waals surface area contributed by atoms with Crippen molar-refractivity contribution in [3.05, 3.63) is 64.4 Å². The molecule has 0 saturated carbocycles. The fraction of sp³-hybridized carbons (Fsp3) is 0.300. The van der Waals surface area contributed by atoms with Gasteiger partial charge in [0.05, 0.1) is 24.0 Å². The van der Waals surface area contributed by atoms with Crippen LogP contribution in [0.3, 0.4) is 0 Å². The van der Waals surface area contributed by atoms with Gasteiger partial charge in [0.25, 0.3) is 0 Å². The van der Waals surface area contributed by atoms with Crippen molar-refractivity contribution in [2.45, 2.75) is 33.2 Å². The minimum atomic E-state index is -0.905. The summed E-state index contributed by atoms with van der Waals surface area (Å²) in [4.78, 5) is 15.6. The lowest BCUT2D eigenvalue weighted by Crippen LogP contribution is -2.22. The van der Waals surface area contributed by atoms with E-state index < -0.39 is 23.0 Å². The number of carbonyl (C=O) groups is 1. The van der Waals surface area contributed by atoms with E-state index in [9.17, 15) is 13.6 Å². The number of rotatable bonds is 6. The third-order valence-corrected chi connectivity index (χ3v) is 4.63. The van der Waals surface area contributed by atoms with Gasteiger partial charge in [-0.15, -0.1) is 0 Å². The van der Waals surface area contributed by atoms with E-state index in [1.807, 2.05) is 13.8 Å². The molecular weight excluding hydrogens is 374 g/mol. The molecule has 0 spiro atoms. The van der Waals surface area contributed by atoms with E-state index in [0.717, 1.165) is 0 Å². The Morgan fingerprint density at radius 3 is 2.63 bits per heavy atom. The molecule has 0 radical (unpaired) electrons. The number of hydrogen-bond acceptors (Lipinski definition) is 2. The SMILES string of the molecule is CC(C)(CC(=O)O)Cc1nc2cc(F)ccc2n1Cc1ccc(Cl)cc1F. The van der Waals surface area contributed by atoms with Crippen LogP contribution in [0.2, 0.25) is 5.02 Å². The first kappa shape index (κ1) is 19.3. The van der Waals surface area contributed by atoms with Crippen molar-refractivity contribution in [1.82, 2.24) is 9.55 Å². The molecule has 1 aromatic heterocycles. The van der Waals surface area contributed by atoms with Gasteiger partial charge in [0.1, 0.15) is 17.5 Å². The average Bonchev–Trinajstić information content (AvgIpc) is 2.84. The van der Waals surface area contributed by atoms with Crippen LogP contribution in [0.25, 0.3) is 11.0 Å². The van der Waals surface area contributed by atoms with Crippen LogP contribution in [-0.4, -0.2) is 20.6 Å². The fourth-order valence-electron chi connectivity index (χ4n) is 3.18. The number of aromatic nitrogens is 2. The molecule has 0 unspecified atom stereocenters. The largest absolute Gasteiger partial charge is 0.481 e. The fourth-order valence-corrected chi connectivity index (χ4v) is 3.34. The summed E-state index contributed by atoms with van der Waals surface area (Å²) in [5.74, 6) is -1.18. The van der Waals surface area contributed by atoms with Crippen molar-refractivity contribution >= 4 is 28.6 Å². The lowest BCUT2D eigenvalue weighted by molar-refractivity contribution is -0.139. The van der Waals surface area contributed by atoms with Crippen LogP contribution in [0.5, 0.6) is 0 Å². The number of fused-ring (bicyclic) bond motifs is 1. The van der Waals surface area contributed by atoms with Crippen LogP contribution in [0.4, 0.5) is 8.78 Å². The van der Waals surface area contributed by atoms with Gasteiger partial charge in [-0.25, -0.2) is 13.8 Å². The minimum absolute atomic E-state index is 0.0418. The zero-order chi connectivity index (χ0) is 19.8. The van der Waals surface area contributed by atoms with Crippen molar-refractivity contribution in [3.63, 3.8) is 0 Å². The predicted octanol–water partition coefficient (Wildman–Crippen LogP) is 5.06. The van der Waals surface area contributed by atoms with Crippen LogP contribution >= 0.6 is 11.6 Å². The number of halogens is 3. The van der Waals surface area contributed by atoms with Gasteiger partial charge in [-0.3, -0.25) is 4.79 Å². The molecule has 3 rings (SSSR count). The third kappa shape index (κ3) is 4.45. The highest BCUT2D eigenvalue weighted by Gasteiger charge is 2.26. The molecule has 1 N–H and O–H groups in total. The van der Waals surface area contributed by atoms with Crippen LogP contribution in [-0.2, 0) is 17.8 Å². The third-order valence-electron chi connectivity index (χ3n) is 4.40. The Balaban J connectivity index is 2.06. The highest BCUT2D eigenvalue weighted by Crippen LogP contribution is 2.29. The summed E-state index contributed by atoms with van der Waals surface area (Å²) in [6.07, 6.45) is 0.310. The van der Waals surface area contributed by atoms with Crippen LogP contribution in [0, 0.1) is 17.0 Å². The van der Waals surface area contributed by atoms with E-state index in [-0.39, 0.29) is 13.0 Å². The summed E-state index contributed by atoms with van der Waals surface area (Å²) in [7, 11) is 0. The molecule has 7 heteroatoms. The summed E-state index contributed by atoms with van der Waals surface area (Å²) in [6.45, 7) is 3.84. The average molecular weight is 393 g/mol. The molecule has 0 bridgehead atoms. The van der Waals surface area contributed by atoms with Crippen molar-refractivity contribution in [2.24, 2.45) is 5.41 Å². The van der Waals surface area contributed by atoms with E-state index in [1.54, 1.807) is 22.8 Å². The van der Waals surface area contributed by atoms with Gasteiger partial charge in [-0.2, -0.15) is 0 Å². The molecule has 3 aromatic rings. The number of imidazole rings is 1. The second-order valence-electron chi connectivity index (χ2n) is 7.39. The quantitative estimate of drug-likeness (QED) is 0.638. The van der Waals surface area contributed by atoms with Gasteiger partial charge < -0.3 is 9.67 Å². The van der Waals surface area contributed by atoms with E-state index in [4.69, 9.17) is 16.7 Å². The number of aliphatic carboxylic acids is 1. The topological polar surface area (TPSA) is 55.1 Å². The van der Waals surface area contributed by atoms with Gasteiger partial charge >= 0.3 is 5.97 Å². The van der Waals surface area contributed by atoms with Crippen LogP contribution in [0.1, 0.15) is 31.7 Å². The molecule has 142 valence electrons. The van der Waals surface area contributed by atoms with Gasteiger partial charge in [-0.05, 0) is 29.7 Å². The standard InChI is InChI=1S/C20H19ClF2N2O2/c1-20(2,10-19(26)27)9-18-24-16-8-14(22)5-6-17(16)25(18)11-12-3-4-13(21)7-15(12)23/h3-8H,9-11H2,1-2H3,(H,26,27). The maximum Gasteiger partial charge on any atom is 0.303 e. The van der Waals surface area contributed by atoms with E-state index >= 15 is 0 Å². The number of benzene rings is 2. The Labute approximate surface area is 160 Å². The molecule has 0 aliphatic rings. The summed E-state index contributed by atoms with van der Waals surface area (Å²) in [5.41, 5.74) is 0.958. The first-order valence-electron chi connectivity index (χ1n) is 8.45. The number of hydrogen-bond donors (Lipinski definition) is 1. The normalized spacial score (nSPS) is 11.9. The van der Waals surface area contributed by atoms with Crippen molar-refractivity contribution in [3.8, 4) is 0 Å². The van der Waals surface area contributed by atoms with E-state index in [1.165, 1.54) is 18.2 Å².